The van der Waals surface area contributed by atoms with Crippen molar-refractivity contribution in [2.45, 2.75) is 13.1 Å². The summed E-state index contributed by atoms with van der Waals surface area (Å²) in [5.74, 6) is -0.510. The molecule has 0 aliphatic rings. The van der Waals surface area contributed by atoms with Crippen molar-refractivity contribution in [1.29, 1.82) is 0 Å². The van der Waals surface area contributed by atoms with Gasteiger partial charge in [-0.15, -0.1) is 0 Å². The highest BCUT2D eigenvalue weighted by molar-refractivity contribution is 5.87. The number of nitrogens with one attached hydrogen (secondary N) is 1. The number of nitrogens with zero attached hydrogens (tertiary/aromatic N) is 2. The first-order valence-corrected chi connectivity index (χ1v) is 8.92. The first-order chi connectivity index (χ1) is 13.6. The molecule has 2 aromatic carbocycles. The van der Waals surface area contributed by atoms with Crippen LogP contribution in [0.5, 0.6) is 0 Å². The van der Waals surface area contributed by atoms with E-state index in [2.05, 4.69) is 17.0 Å². The molecule has 28 heavy (non-hydrogen) atoms. The Morgan fingerprint density at radius 1 is 1.21 bits per heavy atom. The van der Waals surface area contributed by atoms with Crippen LogP contribution in [-0.4, -0.2) is 29.4 Å². The number of hydrogen-bond donors (Lipinski definition) is 1. The predicted octanol–water partition coefficient (Wildman–Crippen LogP) is 3.80. The van der Waals surface area contributed by atoms with Crippen molar-refractivity contribution >= 4 is 5.91 Å². The number of rotatable bonds is 8. The molecule has 0 atom stereocenters. The van der Waals surface area contributed by atoms with E-state index < -0.39 is 0 Å². The number of halogens is 1. The van der Waals surface area contributed by atoms with Crippen LogP contribution in [0.4, 0.5) is 4.39 Å². The second-order valence-corrected chi connectivity index (χ2v) is 6.26. The fraction of sp³-hybridized carbons (Fsp3) is 0.182. The molecule has 0 unspecified atom stereocenters. The maximum atomic E-state index is 13.3. The summed E-state index contributed by atoms with van der Waals surface area (Å²) in [6.07, 6.45) is 3.14. The van der Waals surface area contributed by atoms with Gasteiger partial charge in [-0.3, -0.25) is 9.48 Å². The highest BCUT2D eigenvalue weighted by atomic mass is 19.1. The van der Waals surface area contributed by atoms with Crippen LogP contribution in [0.15, 0.2) is 67.4 Å². The summed E-state index contributed by atoms with van der Waals surface area (Å²) in [5.41, 5.74) is 4.48. The molecule has 144 valence electrons. The molecule has 3 aromatic rings. The first kappa shape index (κ1) is 19.5. The van der Waals surface area contributed by atoms with Crippen molar-refractivity contribution in [1.82, 2.24) is 15.1 Å². The topological polar surface area (TPSA) is 56.2 Å². The van der Waals surface area contributed by atoms with Crippen molar-refractivity contribution in [3.63, 3.8) is 0 Å². The molecule has 0 aliphatic heterocycles. The summed E-state index contributed by atoms with van der Waals surface area (Å²) in [6.45, 7) is 5.05. The summed E-state index contributed by atoms with van der Waals surface area (Å²) in [6, 6.07) is 14.2. The normalized spacial score (nSPS) is 10.6. The van der Waals surface area contributed by atoms with E-state index in [-0.39, 0.29) is 11.7 Å². The summed E-state index contributed by atoms with van der Waals surface area (Å²) < 4.78 is 20.2. The largest absolute Gasteiger partial charge is 0.383 e. The van der Waals surface area contributed by atoms with Gasteiger partial charge in [0.2, 0.25) is 5.91 Å². The monoisotopic (exact) mass is 379 g/mol. The van der Waals surface area contributed by atoms with Gasteiger partial charge in [0.05, 0.1) is 18.8 Å². The summed E-state index contributed by atoms with van der Waals surface area (Å²) >= 11 is 0. The lowest BCUT2D eigenvalue weighted by atomic mass is 9.97. The lowest BCUT2D eigenvalue weighted by Gasteiger charge is -2.11. The minimum atomic E-state index is -0.274. The van der Waals surface area contributed by atoms with Gasteiger partial charge in [-0.05, 0) is 47.0 Å². The van der Waals surface area contributed by atoms with E-state index in [1.54, 1.807) is 19.2 Å². The smallest absolute Gasteiger partial charge is 0.243 e. The highest BCUT2D eigenvalue weighted by Crippen LogP contribution is 2.29. The average molecular weight is 379 g/mol. The van der Waals surface area contributed by atoms with Crippen molar-refractivity contribution in [2.75, 3.05) is 13.7 Å². The van der Waals surface area contributed by atoms with E-state index in [1.807, 2.05) is 35.1 Å². The summed E-state index contributed by atoms with van der Waals surface area (Å²) in [5, 5.41) is 7.42. The van der Waals surface area contributed by atoms with E-state index in [9.17, 15) is 9.18 Å². The second-order valence-electron chi connectivity index (χ2n) is 6.26. The van der Waals surface area contributed by atoms with Crippen molar-refractivity contribution < 1.29 is 13.9 Å². The number of hydrogen-bond acceptors (Lipinski definition) is 3. The van der Waals surface area contributed by atoms with Gasteiger partial charge in [0.25, 0.3) is 0 Å². The molecule has 0 saturated heterocycles. The van der Waals surface area contributed by atoms with Crippen LogP contribution in [0.3, 0.4) is 0 Å². The van der Waals surface area contributed by atoms with E-state index in [0.717, 1.165) is 27.9 Å². The molecule has 1 N–H and O–H groups in total. The van der Waals surface area contributed by atoms with Crippen LogP contribution < -0.4 is 5.32 Å². The maximum Gasteiger partial charge on any atom is 0.243 e. The van der Waals surface area contributed by atoms with Crippen molar-refractivity contribution in [2.24, 2.45) is 0 Å². The molecule has 1 aromatic heterocycles. The fourth-order valence-corrected chi connectivity index (χ4v) is 2.86. The zero-order valence-corrected chi connectivity index (χ0v) is 15.7. The zero-order valence-electron chi connectivity index (χ0n) is 15.7. The lowest BCUT2D eigenvalue weighted by Crippen LogP contribution is -2.20. The predicted molar refractivity (Wildman–Crippen MR) is 107 cm³/mol. The van der Waals surface area contributed by atoms with Gasteiger partial charge in [-0.2, -0.15) is 5.10 Å². The standard InChI is InChI=1S/C22H22FN3O2/c1-3-22(27)24-15-18-5-4-17(16-6-8-19(23)9-7-16)14-20(18)21-10-11-26(25-21)12-13-28-2/h3-11,14H,1,12-13,15H2,2H3,(H,24,27). The molecular weight excluding hydrogens is 357 g/mol. The Labute approximate surface area is 163 Å². The number of benzene rings is 2. The number of amides is 1. The van der Waals surface area contributed by atoms with Crippen LogP contribution in [0, 0.1) is 5.82 Å². The number of aromatic nitrogens is 2. The Morgan fingerprint density at radius 3 is 2.68 bits per heavy atom. The molecule has 6 heteroatoms. The Balaban J connectivity index is 1.97. The molecule has 5 nitrogen and oxygen atoms in total. The Morgan fingerprint density at radius 2 is 1.96 bits per heavy atom. The first-order valence-electron chi connectivity index (χ1n) is 8.92. The third-order valence-corrected chi connectivity index (χ3v) is 4.37. The summed E-state index contributed by atoms with van der Waals surface area (Å²) in [7, 11) is 1.65. The van der Waals surface area contributed by atoms with E-state index in [1.165, 1.54) is 18.2 Å². The minimum Gasteiger partial charge on any atom is -0.383 e. The molecule has 1 heterocycles. The molecule has 0 spiro atoms. The number of ether oxygens (including phenoxy) is 1. The van der Waals surface area contributed by atoms with Crippen molar-refractivity contribution in [3.05, 3.63) is 78.8 Å². The fourth-order valence-electron chi connectivity index (χ4n) is 2.86. The van der Waals surface area contributed by atoms with E-state index in [4.69, 9.17) is 4.74 Å². The Kier molecular flexibility index (Phi) is 6.34. The molecule has 0 saturated carbocycles. The molecule has 3 rings (SSSR count). The Hall–Kier alpha value is -3.25. The van der Waals surface area contributed by atoms with Gasteiger partial charge in [0.1, 0.15) is 5.82 Å². The summed E-state index contributed by atoms with van der Waals surface area (Å²) in [4.78, 5) is 11.6. The quantitative estimate of drug-likeness (QED) is 0.606. The molecule has 0 aliphatic carbocycles. The number of carbonyl (C=O) groups is 1. The van der Waals surface area contributed by atoms with Gasteiger partial charge in [-0.1, -0.05) is 30.8 Å². The number of carbonyl (C=O) groups excluding carboxylic acids is 1. The third-order valence-electron chi connectivity index (χ3n) is 4.37. The van der Waals surface area contributed by atoms with Crippen LogP contribution >= 0.6 is 0 Å². The minimum absolute atomic E-state index is 0.237. The maximum absolute atomic E-state index is 13.3. The van der Waals surface area contributed by atoms with Gasteiger partial charge in [-0.25, -0.2) is 4.39 Å². The molecule has 0 bridgehead atoms. The Bertz CT molecular complexity index is 964. The van der Waals surface area contributed by atoms with E-state index >= 15 is 0 Å². The lowest BCUT2D eigenvalue weighted by molar-refractivity contribution is -0.116. The molecule has 0 radical (unpaired) electrons. The zero-order chi connectivity index (χ0) is 19.9. The highest BCUT2D eigenvalue weighted by Gasteiger charge is 2.11. The molecular formula is C22H22FN3O2. The molecule has 0 fully saturated rings. The average Bonchev–Trinajstić information content (AvgIpc) is 3.19. The van der Waals surface area contributed by atoms with Gasteiger partial charge in [0, 0.05) is 25.4 Å². The van der Waals surface area contributed by atoms with Crippen LogP contribution in [0.25, 0.3) is 22.4 Å². The van der Waals surface area contributed by atoms with E-state index in [0.29, 0.717) is 19.7 Å². The molecule has 1 amide bonds. The van der Waals surface area contributed by atoms with Gasteiger partial charge in [0.15, 0.2) is 0 Å². The second kappa shape index (κ2) is 9.10. The third kappa shape index (κ3) is 4.72. The number of methoxy groups -OCH3 is 1. The SMILES string of the molecule is C=CC(=O)NCc1ccc(-c2ccc(F)cc2)cc1-c1ccn(CCOC)n1. The van der Waals surface area contributed by atoms with Crippen LogP contribution in [-0.2, 0) is 22.6 Å². The van der Waals surface area contributed by atoms with Gasteiger partial charge < -0.3 is 10.1 Å². The van der Waals surface area contributed by atoms with Crippen LogP contribution in [0.1, 0.15) is 5.56 Å². The van der Waals surface area contributed by atoms with Crippen LogP contribution in [0.2, 0.25) is 0 Å². The van der Waals surface area contributed by atoms with Gasteiger partial charge >= 0.3 is 0 Å². The van der Waals surface area contributed by atoms with Crippen molar-refractivity contribution in [3.8, 4) is 22.4 Å².